The number of hydrogen-bond donors (Lipinski definition) is 5. The summed E-state index contributed by atoms with van der Waals surface area (Å²) in [6.45, 7) is -0.236. The first-order valence-electron chi connectivity index (χ1n) is 5.85. The SMILES string of the molecule is NCCCCNc1nc(NO)nc(NCC(F)(F)F)n1. The van der Waals surface area contributed by atoms with E-state index in [9.17, 15) is 13.2 Å². The molecule has 0 aliphatic rings. The number of unbranched alkanes of at least 4 members (excludes halogenated alkanes) is 1. The van der Waals surface area contributed by atoms with Gasteiger partial charge in [-0.25, -0.2) is 5.48 Å². The average Bonchev–Trinajstić information content (AvgIpc) is 2.40. The topological polar surface area (TPSA) is 121 Å². The number of nitrogens with two attached hydrogens (primary N) is 1. The maximum absolute atomic E-state index is 12.1. The van der Waals surface area contributed by atoms with Crippen LogP contribution in [0.3, 0.4) is 0 Å². The van der Waals surface area contributed by atoms with Gasteiger partial charge in [0.15, 0.2) is 0 Å². The minimum absolute atomic E-state index is 0.0539. The molecule has 20 heavy (non-hydrogen) atoms. The van der Waals surface area contributed by atoms with Gasteiger partial charge in [-0.1, -0.05) is 0 Å². The van der Waals surface area contributed by atoms with Gasteiger partial charge in [-0.05, 0) is 19.4 Å². The van der Waals surface area contributed by atoms with Crippen LogP contribution in [0.4, 0.5) is 31.0 Å². The minimum atomic E-state index is -4.39. The van der Waals surface area contributed by atoms with Crippen molar-refractivity contribution in [1.29, 1.82) is 0 Å². The first-order valence-corrected chi connectivity index (χ1v) is 5.85. The van der Waals surface area contributed by atoms with Gasteiger partial charge in [0.2, 0.25) is 11.9 Å². The molecule has 8 nitrogen and oxygen atoms in total. The quantitative estimate of drug-likeness (QED) is 0.353. The summed E-state index contributed by atoms with van der Waals surface area (Å²) in [6.07, 6.45) is -2.84. The zero-order valence-electron chi connectivity index (χ0n) is 10.5. The highest BCUT2D eigenvalue weighted by molar-refractivity contribution is 5.41. The first kappa shape index (κ1) is 16.2. The molecular weight excluding hydrogens is 279 g/mol. The maximum atomic E-state index is 12.1. The van der Waals surface area contributed by atoms with Crippen LogP contribution in [-0.2, 0) is 0 Å². The highest BCUT2D eigenvalue weighted by Gasteiger charge is 2.27. The highest BCUT2D eigenvalue weighted by Crippen LogP contribution is 2.16. The van der Waals surface area contributed by atoms with E-state index >= 15 is 0 Å². The van der Waals surface area contributed by atoms with E-state index in [0.29, 0.717) is 13.1 Å². The fourth-order valence-corrected chi connectivity index (χ4v) is 1.23. The first-order chi connectivity index (χ1) is 9.44. The van der Waals surface area contributed by atoms with Crippen LogP contribution in [0, 0.1) is 0 Å². The molecule has 11 heteroatoms. The van der Waals surface area contributed by atoms with Crippen molar-refractivity contribution in [1.82, 2.24) is 15.0 Å². The van der Waals surface area contributed by atoms with Crippen molar-refractivity contribution in [3.63, 3.8) is 0 Å². The van der Waals surface area contributed by atoms with Crippen molar-refractivity contribution in [2.45, 2.75) is 19.0 Å². The van der Waals surface area contributed by atoms with Crippen LogP contribution in [0.2, 0.25) is 0 Å². The van der Waals surface area contributed by atoms with E-state index in [4.69, 9.17) is 10.9 Å². The zero-order chi connectivity index (χ0) is 15.0. The summed E-state index contributed by atoms with van der Waals surface area (Å²) in [5.74, 6) is -0.501. The number of rotatable bonds is 8. The predicted octanol–water partition coefficient (Wildman–Crippen LogP) is 0.798. The fourth-order valence-electron chi connectivity index (χ4n) is 1.23. The van der Waals surface area contributed by atoms with Gasteiger partial charge in [0.05, 0.1) is 0 Å². The summed E-state index contributed by atoms with van der Waals surface area (Å²) >= 11 is 0. The van der Waals surface area contributed by atoms with E-state index in [-0.39, 0.29) is 17.8 Å². The van der Waals surface area contributed by atoms with Crippen LogP contribution < -0.4 is 21.8 Å². The van der Waals surface area contributed by atoms with Crippen LogP contribution in [0.25, 0.3) is 0 Å². The van der Waals surface area contributed by atoms with Gasteiger partial charge in [-0.2, -0.15) is 28.1 Å². The number of aromatic nitrogens is 3. The second-order valence-corrected chi connectivity index (χ2v) is 3.81. The molecule has 0 fully saturated rings. The number of nitrogens with zero attached hydrogens (tertiary/aromatic N) is 3. The third-order valence-corrected chi connectivity index (χ3v) is 2.10. The van der Waals surface area contributed by atoms with Gasteiger partial charge < -0.3 is 16.4 Å². The van der Waals surface area contributed by atoms with Gasteiger partial charge >= 0.3 is 6.18 Å². The van der Waals surface area contributed by atoms with E-state index in [1.165, 1.54) is 0 Å². The number of anilines is 3. The number of hydrogen-bond acceptors (Lipinski definition) is 8. The molecule has 114 valence electrons. The van der Waals surface area contributed by atoms with Gasteiger partial charge in [-0.15, -0.1) is 0 Å². The molecule has 1 aromatic rings. The van der Waals surface area contributed by atoms with Crippen molar-refractivity contribution in [2.75, 3.05) is 35.7 Å². The lowest BCUT2D eigenvalue weighted by molar-refractivity contribution is -0.115. The molecule has 0 atom stereocenters. The predicted molar refractivity (Wildman–Crippen MR) is 66.6 cm³/mol. The number of alkyl halides is 3. The summed E-state index contributed by atoms with van der Waals surface area (Å²) in [4.78, 5) is 11.0. The smallest absolute Gasteiger partial charge is 0.354 e. The number of halogens is 3. The van der Waals surface area contributed by atoms with E-state index in [1.807, 2.05) is 5.32 Å². The van der Waals surface area contributed by atoms with E-state index < -0.39 is 12.7 Å². The van der Waals surface area contributed by atoms with Crippen molar-refractivity contribution < 1.29 is 18.4 Å². The standard InChI is InChI=1S/C9H16F3N7O/c10-9(11,12)5-15-7-16-6(14-4-2-1-3-13)17-8(18-7)19-20/h20H,1-5,13H2,(H3,14,15,16,17,18,19). The summed E-state index contributed by atoms with van der Waals surface area (Å²) < 4.78 is 36.3. The fraction of sp³-hybridized carbons (Fsp3) is 0.667. The van der Waals surface area contributed by atoms with Crippen LogP contribution in [-0.4, -0.2) is 46.0 Å². The maximum Gasteiger partial charge on any atom is 0.405 e. The molecule has 0 spiro atoms. The largest absolute Gasteiger partial charge is 0.405 e. The average molecular weight is 295 g/mol. The Morgan fingerprint density at radius 3 is 2.15 bits per heavy atom. The molecule has 0 aromatic carbocycles. The molecule has 0 bridgehead atoms. The van der Waals surface area contributed by atoms with E-state index in [0.717, 1.165) is 12.8 Å². The summed E-state index contributed by atoms with van der Waals surface area (Å²) in [5.41, 5.74) is 6.99. The zero-order valence-corrected chi connectivity index (χ0v) is 10.5. The molecule has 6 N–H and O–H groups in total. The molecule has 0 unspecified atom stereocenters. The van der Waals surface area contributed by atoms with Crippen molar-refractivity contribution in [3.8, 4) is 0 Å². The van der Waals surface area contributed by atoms with Gasteiger partial charge in [0.25, 0.3) is 5.95 Å². The lowest BCUT2D eigenvalue weighted by Gasteiger charge is -2.10. The third-order valence-electron chi connectivity index (χ3n) is 2.10. The lowest BCUT2D eigenvalue weighted by atomic mass is 10.3. The normalized spacial score (nSPS) is 11.2. The minimum Gasteiger partial charge on any atom is -0.354 e. The van der Waals surface area contributed by atoms with Crippen molar-refractivity contribution >= 4 is 17.8 Å². The molecule has 0 aliphatic carbocycles. The highest BCUT2D eigenvalue weighted by atomic mass is 19.4. The second kappa shape index (κ2) is 7.65. The third kappa shape index (κ3) is 6.33. The molecule has 1 heterocycles. The Hall–Kier alpha value is -1.88. The van der Waals surface area contributed by atoms with Crippen molar-refractivity contribution in [3.05, 3.63) is 0 Å². The second-order valence-electron chi connectivity index (χ2n) is 3.81. The molecule has 0 aliphatic heterocycles. The van der Waals surface area contributed by atoms with Crippen LogP contribution in [0.5, 0.6) is 0 Å². The Kier molecular flexibility index (Phi) is 6.18. The van der Waals surface area contributed by atoms with E-state index in [1.54, 1.807) is 5.48 Å². The lowest BCUT2D eigenvalue weighted by Crippen LogP contribution is -2.23. The summed E-state index contributed by atoms with van der Waals surface area (Å²) in [7, 11) is 0. The van der Waals surface area contributed by atoms with Crippen LogP contribution in [0.15, 0.2) is 0 Å². The van der Waals surface area contributed by atoms with Gasteiger partial charge in [0.1, 0.15) is 6.54 Å². The monoisotopic (exact) mass is 295 g/mol. The van der Waals surface area contributed by atoms with E-state index in [2.05, 4.69) is 20.3 Å². The summed E-state index contributed by atoms with van der Waals surface area (Å²) in [6, 6.07) is 0. The number of nitrogens with one attached hydrogen (secondary N) is 3. The molecule has 0 saturated heterocycles. The molecule has 1 rings (SSSR count). The Morgan fingerprint density at radius 2 is 1.60 bits per heavy atom. The Balaban J connectivity index is 2.65. The van der Waals surface area contributed by atoms with Crippen molar-refractivity contribution in [2.24, 2.45) is 5.73 Å². The molecule has 0 saturated carbocycles. The Morgan fingerprint density at radius 1 is 1.00 bits per heavy atom. The van der Waals surface area contributed by atoms with Gasteiger partial charge in [-0.3, -0.25) is 5.21 Å². The molecule has 0 amide bonds. The summed E-state index contributed by atoms with van der Waals surface area (Å²) in [5, 5.41) is 13.5. The molecule has 0 radical (unpaired) electrons. The Bertz CT molecular complexity index is 415. The Labute approximate surface area is 113 Å². The molecular formula is C9H16F3N7O. The van der Waals surface area contributed by atoms with Crippen LogP contribution in [0.1, 0.15) is 12.8 Å². The van der Waals surface area contributed by atoms with Gasteiger partial charge in [0, 0.05) is 6.54 Å². The molecule has 1 aromatic heterocycles. The van der Waals surface area contributed by atoms with Crippen LogP contribution >= 0.6 is 0 Å².